The van der Waals surface area contributed by atoms with E-state index >= 15 is 0 Å². The van der Waals surface area contributed by atoms with E-state index in [0.29, 0.717) is 6.42 Å². The fraction of sp³-hybridized carbons (Fsp3) is 0.400. The second-order valence-electron chi connectivity index (χ2n) is 5.60. The lowest BCUT2D eigenvalue weighted by Crippen LogP contribution is -2.37. The van der Waals surface area contributed by atoms with Gasteiger partial charge in [0.2, 0.25) is 0 Å². The zero-order chi connectivity index (χ0) is 14.5. The zero-order valence-electron chi connectivity index (χ0n) is 11.6. The van der Waals surface area contributed by atoms with E-state index in [2.05, 4.69) is 21.0 Å². The Bertz CT molecular complexity index is 680. The summed E-state index contributed by atoms with van der Waals surface area (Å²) in [6.45, 7) is 1.97. The highest BCUT2D eigenvalue weighted by Gasteiger charge is 2.36. The van der Waals surface area contributed by atoms with Crippen molar-refractivity contribution in [3.63, 3.8) is 0 Å². The Hall–Kier alpha value is -1.20. The van der Waals surface area contributed by atoms with Gasteiger partial charge in [0.15, 0.2) is 0 Å². The fourth-order valence-corrected chi connectivity index (χ4v) is 3.58. The lowest BCUT2D eigenvalue weighted by atomic mass is 9.88. The van der Waals surface area contributed by atoms with E-state index in [1.165, 1.54) is 6.07 Å². The summed E-state index contributed by atoms with van der Waals surface area (Å²) in [7, 11) is 1.93. The van der Waals surface area contributed by atoms with E-state index in [-0.39, 0.29) is 5.82 Å². The summed E-state index contributed by atoms with van der Waals surface area (Å²) in [4.78, 5) is 0. The highest BCUT2D eigenvalue weighted by Crippen LogP contribution is 2.39. The van der Waals surface area contributed by atoms with Gasteiger partial charge in [-0.2, -0.15) is 5.10 Å². The van der Waals surface area contributed by atoms with Crippen molar-refractivity contribution < 1.29 is 4.39 Å². The Balaban J connectivity index is 2.00. The summed E-state index contributed by atoms with van der Waals surface area (Å²) in [5.74, 6) is -0.189. The molecule has 1 heterocycles. The van der Waals surface area contributed by atoms with Crippen LogP contribution in [0.15, 0.2) is 22.7 Å². The third-order valence-electron chi connectivity index (χ3n) is 4.19. The Kier molecular flexibility index (Phi) is 3.21. The molecule has 0 radical (unpaired) electrons. The van der Waals surface area contributed by atoms with E-state index in [9.17, 15) is 4.39 Å². The lowest BCUT2D eigenvalue weighted by Gasteiger charge is -2.25. The quantitative estimate of drug-likeness (QED) is 0.915. The van der Waals surface area contributed by atoms with Crippen molar-refractivity contribution in [3.8, 4) is 0 Å². The van der Waals surface area contributed by atoms with Gasteiger partial charge < -0.3 is 5.73 Å². The average molecular weight is 338 g/mol. The van der Waals surface area contributed by atoms with Gasteiger partial charge in [0.05, 0.1) is 15.9 Å². The molecule has 1 unspecified atom stereocenters. The van der Waals surface area contributed by atoms with Crippen LogP contribution in [-0.4, -0.2) is 9.78 Å². The van der Waals surface area contributed by atoms with Crippen LogP contribution in [0.4, 0.5) is 4.39 Å². The second-order valence-corrected chi connectivity index (χ2v) is 6.40. The van der Waals surface area contributed by atoms with E-state index in [1.807, 2.05) is 24.7 Å². The molecule has 1 aromatic carbocycles. The van der Waals surface area contributed by atoms with Crippen molar-refractivity contribution in [3.05, 3.63) is 51.0 Å². The first-order valence-corrected chi connectivity index (χ1v) is 7.46. The van der Waals surface area contributed by atoms with Gasteiger partial charge in [0.1, 0.15) is 5.82 Å². The molecule has 0 saturated heterocycles. The predicted molar refractivity (Wildman–Crippen MR) is 79.9 cm³/mol. The maximum absolute atomic E-state index is 13.3. The molecule has 0 bridgehead atoms. The first kappa shape index (κ1) is 13.8. The van der Waals surface area contributed by atoms with Crippen LogP contribution in [0.3, 0.4) is 0 Å². The topological polar surface area (TPSA) is 43.8 Å². The highest BCUT2D eigenvalue weighted by molar-refractivity contribution is 9.10. The summed E-state index contributed by atoms with van der Waals surface area (Å²) in [6, 6.07) is 4.93. The summed E-state index contributed by atoms with van der Waals surface area (Å²) in [5, 5.41) is 4.41. The third kappa shape index (κ3) is 2.09. The SMILES string of the molecule is Cc1nn(C)c(CC2(N)CCc3cc(F)ccc32)c1Br. The Morgan fingerprint density at radius 2 is 2.25 bits per heavy atom. The Morgan fingerprint density at radius 3 is 2.90 bits per heavy atom. The van der Waals surface area contributed by atoms with Crippen LogP contribution in [0.5, 0.6) is 0 Å². The number of nitrogens with two attached hydrogens (primary N) is 1. The molecule has 0 fully saturated rings. The number of benzene rings is 1. The molecule has 1 aromatic heterocycles. The number of aromatic nitrogens is 2. The lowest BCUT2D eigenvalue weighted by molar-refractivity contribution is 0.424. The fourth-order valence-electron chi connectivity index (χ4n) is 3.10. The monoisotopic (exact) mass is 337 g/mol. The number of aryl methyl sites for hydroxylation is 3. The maximum Gasteiger partial charge on any atom is 0.123 e. The normalized spacial score (nSPS) is 21.2. The Labute approximate surface area is 126 Å². The van der Waals surface area contributed by atoms with E-state index in [0.717, 1.165) is 39.8 Å². The van der Waals surface area contributed by atoms with E-state index in [4.69, 9.17) is 5.73 Å². The highest BCUT2D eigenvalue weighted by atomic mass is 79.9. The number of halogens is 2. The Morgan fingerprint density at radius 1 is 1.50 bits per heavy atom. The molecule has 1 aliphatic rings. The van der Waals surface area contributed by atoms with Gasteiger partial charge in [-0.1, -0.05) is 6.07 Å². The summed E-state index contributed by atoms with van der Waals surface area (Å²) >= 11 is 3.59. The van der Waals surface area contributed by atoms with Gasteiger partial charge in [-0.25, -0.2) is 4.39 Å². The van der Waals surface area contributed by atoms with Gasteiger partial charge in [-0.15, -0.1) is 0 Å². The molecule has 20 heavy (non-hydrogen) atoms. The smallest absolute Gasteiger partial charge is 0.123 e. The van der Waals surface area contributed by atoms with Crippen molar-refractivity contribution in [1.82, 2.24) is 9.78 Å². The number of hydrogen-bond donors (Lipinski definition) is 1. The first-order valence-electron chi connectivity index (χ1n) is 6.66. The van der Waals surface area contributed by atoms with E-state index in [1.54, 1.807) is 6.07 Å². The molecule has 2 aromatic rings. The molecule has 3 nitrogen and oxygen atoms in total. The first-order chi connectivity index (χ1) is 9.40. The van der Waals surface area contributed by atoms with Crippen molar-refractivity contribution in [2.75, 3.05) is 0 Å². The van der Waals surface area contributed by atoms with E-state index < -0.39 is 5.54 Å². The molecule has 0 saturated carbocycles. The molecular formula is C15H17BrFN3. The van der Waals surface area contributed by atoms with Crippen molar-refractivity contribution in [2.45, 2.75) is 31.7 Å². The minimum atomic E-state index is -0.439. The molecule has 2 N–H and O–H groups in total. The molecule has 5 heteroatoms. The number of nitrogens with zero attached hydrogens (tertiary/aromatic N) is 2. The third-order valence-corrected chi connectivity index (χ3v) is 5.22. The van der Waals surface area contributed by atoms with Crippen LogP contribution in [0, 0.1) is 12.7 Å². The molecule has 0 amide bonds. The van der Waals surface area contributed by atoms with Gasteiger partial charge in [-0.3, -0.25) is 4.68 Å². The van der Waals surface area contributed by atoms with Crippen LogP contribution in [0.2, 0.25) is 0 Å². The van der Waals surface area contributed by atoms with Crippen molar-refractivity contribution in [1.29, 1.82) is 0 Å². The van der Waals surface area contributed by atoms with Crippen LogP contribution in [0.1, 0.15) is 28.9 Å². The van der Waals surface area contributed by atoms with Crippen LogP contribution in [0.25, 0.3) is 0 Å². The molecule has 106 valence electrons. The predicted octanol–water partition coefficient (Wildman–Crippen LogP) is 2.97. The standard InChI is InChI=1S/C15H17BrFN3/c1-9-14(16)13(20(2)19-9)8-15(18)6-5-10-7-11(17)3-4-12(10)15/h3-4,7H,5-6,8,18H2,1-2H3. The zero-order valence-corrected chi connectivity index (χ0v) is 13.2. The number of rotatable bonds is 2. The van der Waals surface area contributed by atoms with Gasteiger partial charge in [0.25, 0.3) is 0 Å². The molecule has 1 aliphatic carbocycles. The van der Waals surface area contributed by atoms with Gasteiger partial charge in [0, 0.05) is 19.0 Å². The average Bonchev–Trinajstić information content (AvgIpc) is 2.83. The van der Waals surface area contributed by atoms with Crippen LogP contribution < -0.4 is 5.73 Å². The van der Waals surface area contributed by atoms with Crippen LogP contribution >= 0.6 is 15.9 Å². The summed E-state index contributed by atoms with van der Waals surface area (Å²) < 4.78 is 16.2. The number of hydrogen-bond acceptors (Lipinski definition) is 2. The molecule has 0 aliphatic heterocycles. The largest absolute Gasteiger partial charge is 0.321 e. The second kappa shape index (κ2) is 4.67. The van der Waals surface area contributed by atoms with Crippen molar-refractivity contribution in [2.24, 2.45) is 12.8 Å². The van der Waals surface area contributed by atoms with Gasteiger partial charge in [-0.05, 0) is 59.0 Å². The molecular weight excluding hydrogens is 321 g/mol. The minimum Gasteiger partial charge on any atom is -0.321 e. The molecule has 3 rings (SSSR count). The summed E-state index contributed by atoms with van der Waals surface area (Å²) in [5.41, 5.74) is 10.3. The van der Waals surface area contributed by atoms with Crippen LogP contribution in [-0.2, 0) is 25.4 Å². The van der Waals surface area contributed by atoms with Crippen molar-refractivity contribution >= 4 is 15.9 Å². The molecule has 1 atom stereocenters. The molecule has 0 spiro atoms. The number of fused-ring (bicyclic) bond motifs is 1. The minimum absolute atomic E-state index is 0.189. The maximum atomic E-state index is 13.3. The van der Waals surface area contributed by atoms with Gasteiger partial charge >= 0.3 is 0 Å². The summed E-state index contributed by atoms with van der Waals surface area (Å²) in [6.07, 6.45) is 2.37.